The Balaban J connectivity index is 1.59. The van der Waals surface area contributed by atoms with Crippen molar-refractivity contribution in [1.29, 1.82) is 0 Å². The van der Waals surface area contributed by atoms with Gasteiger partial charge in [-0.15, -0.1) is 0 Å². The van der Waals surface area contributed by atoms with Gasteiger partial charge < -0.3 is 14.5 Å². The number of pyridine rings is 3. The Kier molecular flexibility index (Phi) is 6.49. The molecule has 1 fully saturated rings. The van der Waals surface area contributed by atoms with Crippen molar-refractivity contribution in [2.75, 3.05) is 31.1 Å². The molecule has 0 atom stereocenters. The Morgan fingerprint density at radius 2 is 1.69 bits per heavy atom. The van der Waals surface area contributed by atoms with Gasteiger partial charge in [0.15, 0.2) is 0 Å². The molecule has 1 aliphatic heterocycles. The molecule has 3 aromatic heterocycles. The summed E-state index contributed by atoms with van der Waals surface area (Å²) in [6.45, 7) is 8.04. The van der Waals surface area contributed by atoms with Crippen molar-refractivity contribution >= 4 is 34.3 Å². The van der Waals surface area contributed by atoms with E-state index in [0.717, 1.165) is 39.0 Å². The lowest BCUT2D eigenvalue weighted by Crippen LogP contribution is -2.50. The quantitative estimate of drug-likeness (QED) is 0.317. The van der Waals surface area contributed by atoms with Crippen molar-refractivity contribution in [3.8, 4) is 22.4 Å². The SMILES string of the molecule is CC(C)(C)OC(=O)N1CCN(c2nc(-c3ccnc(Cl)c3)c(-c3ccccc3)c3cnccc23)CC1. The van der Waals surface area contributed by atoms with Gasteiger partial charge in [-0.3, -0.25) is 4.98 Å². The van der Waals surface area contributed by atoms with Crippen LogP contribution in [0.1, 0.15) is 20.8 Å². The molecule has 0 unspecified atom stereocenters. The lowest BCUT2D eigenvalue weighted by atomic mass is 9.95. The molecule has 5 rings (SSSR count). The third-order valence-corrected chi connectivity index (χ3v) is 6.29. The van der Waals surface area contributed by atoms with Crippen LogP contribution in [0.5, 0.6) is 0 Å². The molecule has 8 heteroatoms. The Morgan fingerprint density at radius 1 is 0.944 bits per heavy atom. The van der Waals surface area contributed by atoms with E-state index in [4.69, 9.17) is 21.3 Å². The first-order valence-electron chi connectivity index (χ1n) is 12.0. The van der Waals surface area contributed by atoms with E-state index in [9.17, 15) is 4.79 Å². The molecule has 4 heterocycles. The monoisotopic (exact) mass is 501 g/mol. The van der Waals surface area contributed by atoms with Gasteiger partial charge in [-0.2, -0.15) is 0 Å². The fraction of sp³-hybridized carbons (Fsp3) is 0.286. The molecule has 0 saturated carbocycles. The lowest BCUT2D eigenvalue weighted by Gasteiger charge is -2.37. The largest absolute Gasteiger partial charge is 0.444 e. The van der Waals surface area contributed by atoms with Gasteiger partial charge in [0.1, 0.15) is 16.6 Å². The molecule has 184 valence electrons. The van der Waals surface area contributed by atoms with Crippen LogP contribution in [-0.2, 0) is 4.74 Å². The standard InChI is InChI=1S/C28H28ClN5O2/c1-28(2,3)36-27(35)34-15-13-33(14-16-34)26-21-10-11-30-18-22(21)24(19-7-5-4-6-8-19)25(32-26)20-9-12-31-23(29)17-20/h4-12,17-18H,13-16H2,1-3H3. The third kappa shape index (κ3) is 4.97. The number of fused-ring (bicyclic) bond motifs is 1. The number of amides is 1. The maximum atomic E-state index is 12.6. The molecular weight excluding hydrogens is 474 g/mol. The van der Waals surface area contributed by atoms with Crippen molar-refractivity contribution in [3.63, 3.8) is 0 Å². The zero-order chi connectivity index (χ0) is 25.3. The molecule has 1 amide bonds. The molecule has 0 N–H and O–H groups in total. The van der Waals surface area contributed by atoms with Crippen LogP contribution in [0.15, 0.2) is 67.1 Å². The van der Waals surface area contributed by atoms with Gasteiger partial charge >= 0.3 is 6.09 Å². The van der Waals surface area contributed by atoms with Crippen LogP contribution >= 0.6 is 11.6 Å². The number of nitrogens with zero attached hydrogens (tertiary/aromatic N) is 5. The summed E-state index contributed by atoms with van der Waals surface area (Å²) in [5.41, 5.74) is 3.22. The van der Waals surface area contributed by atoms with Gasteiger partial charge in [-0.1, -0.05) is 41.9 Å². The summed E-state index contributed by atoms with van der Waals surface area (Å²) in [7, 11) is 0. The third-order valence-electron chi connectivity index (χ3n) is 6.08. The molecule has 4 aromatic rings. The van der Waals surface area contributed by atoms with Gasteiger partial charge in [0, 0.05) is 66.7 Å². The van der Waals surface area contributed by atoms with E-state index in [-0.39, 0.29) is 6.09 Å². The average Bonchev–Trinajstić information content (AvgIpc) is 2.87. The van der Waals surface area contributed by atoms with E-state index in [1.165, 1.54) is 0 Å². The number of halogens is 1. The molecule has 1 aliphatic rings. The fourth-order valence-corrected chi connectivity index (χ4v) is 4.64. The normalized spacial score (nSPS) is 14.2. The van der Waals surface area contributed by atoms with Crippen LogP contribution in [0, 0.1) is 0 Å². The minimum absolute atomic E-state index is 0.282. The average molecular weight is 502 g/mol. The number of anilines is 1. The van der Waals surface area contributed by atoms with Gasteiger partial charge in [-0.05, 0) is 44.5 Å². The maximum absolute atomic E-state index is 12.6. The summed E-state index contributed by atoms with van der Waals surface area (Å²) in [4.78, 5) is 30.4. The van der Waals surface area contributed by atoms with Crippen LogP contribution in [0.4, 0.5) is 10.6 Å². The van der Waals surface area contributed by atoms with Gasteiger partial charge in [0.2, 0.25) is 0 Å². The molecule has 0 radical (unpaired) electrons. The second-order valence-corrected chi connectivity index (χ2v) is 10.2. The Labute approximate surface area is 215 Å². The number of carbonyl (C=O) groups is 1. The number of benzene rings is 1. The zero-order valence-electron chi connectivity index (χ0n) is 20.6. The Morgan fingerprint density at radius 3 is 2.39 bits per heavy atom. The van der Waals surface area contributed by atoms with Crippen molar-refractivity contribution in [3.05, 3.63) is 72.3 Å². The predicted molar refractivity (Wildman–Crippen MR) is 143 cm³/mol. The second kappa shape index (κ2) is 9.74. The van der Waals surface area contributed by atoms with E-state index >= 15 is 0 Å². The fourth-order valence-electron chi connectivity index (χ4n) is 4.46. The number of carbonyl (C=O) groups excluding carboxylic acids is 1. The van der Waals surface area contributed by atoms with E-state index in [1.54, 1.807) is 17.3 Å². The highest BCUT2D eigenvalue weighted by Crippen LogP contribution is 2.40. The first-order chi connectivity index (χ1) is 17.3. The molecule has 0 aliphatic carbocycles. The highest BCUT2D eigenvalue weighted by Gasteiger charge is 2.28. The van der Waals surface area contributed by atoms with E-state index in [0.29, 0.717) is 31.3 Å². The van der Waals surface area contributed by atoms with Crippen LogP contribution in [0.2, 0.25) is 5.15 Å². The molecular formula is C28H28ClN5O2. The summed E-state index contributed by atoms with van der Waals surface area (Å²) >= 11 is 6.28. The van der Waals surface area contributed by atoms with Crippen LogP contribution in [0.25, 0.3) is 33.2 Å². The summed E-state index contributed by atoms with van der Waals surface area (Å²) in [6, 6.07) is 16.0. The van der Waals surface area contributed by atoms with Crippen molar-refractivity contribution in [2.24, 2.45) is 0 Å². The van der Waals surface area contributed by atoms with Gasteiger partial charge in [-0.25, -0.2) is 14.8 Å². The molecule has 1 saturated heterocycles. The summed E-state index contributed by atoms with van der Waals surface area (Å²) in [5.74, 6) is 0.860. The van der Waals surface area contributed by atoms with Crippen molar-refractivity contribution in [1.82, 2.24) is 19.9 Å². The lowest BCUT2D eigenvalue weighted by molar-refractivity contribution is 0.0240. The molecule has 7 nitrogen and oxygen atoms in total. The van der Waals surface area contributed by atoms with Crippen LogP contribution in [0.3, 0.4) is 0 Å². The van der Waals surface area contributed by atoms with E-state index in [2.05, 4.69) is 27.0 Å². The highest BCUT2D eigenvalue weighted by molar-refractivity contribution is 6.29. The first-order valence-corrected chi connectivity index (χ1v) is 12.4. The molecule has 0 spiro atoms. The predicted octanol–water partition coefficient (Wildman–Crippen LogP) is 6.07. The number of ether oxygens (including phenoxy) is 1. The highest BCUT2D eigenvalue weighted by atomic mass is 35.5. The number of piperazine rings is 1. The molecule has 1 aromatic carbocycles. The topological polar surface area (TPSA) is 71.5 Å². The minimum atomic E-state index is -0.521. The summed E-state index contributed by atoms with van der Waals surface area (Å²) in [6.07, 6.45) is 5.10. The number of aromatic nitrogens is 3. The number of hydrogen-bond donors (Lipinski definition) is 0. The maximum Gasteiger partial charge on any atom is 0.410 e. The van der Waals surface area contributed by atoms with E-state index in [1.807, 2.05) is 63.4 Å². The van der Waals surface area contributed by atoms with Crippen LogP contribution < -0.4 is 4.90 Å². The molecule has 0 bridgehead atoms. The van der Waals surface area contributed by atoms with Gasteiger partial charge in [0.25, 0.3) is 0 Å². The summed E-state index contributed by atoms with van der Waals surface area (Å²) < 4.78 is 5.57. The number of hydrogen-bond acceptors (Lipinski definition) is 6. The minimum Gasteiger partial charge on any atom is -0.444 e. The Hall–Kier alpha value is -3.71. The first kappa shape index (κ1) is 24.0. The van der Waals surface area contributed by atoms with Crippen molar-refractivity contribution in [2.45, 2.75) is 26.4 Å². The van der Waals surface area contributed by atoms with Crippen LogP contribution in [-0.4, -0.2) is 57.7 Å². The zero-order valence-corrected chi connectivity index (χ0v) is 21.4. The van der Waals surface area contributed by atoms with Crippen molar-refractivity contribution < 1.29 is 9.53 Å². The molecule has 36 heavy (non-hydrogen) atoms. The van der Waals surface area contributed by atoms with Gasteiger partial charge in [0.05, 0.1) is 5.69 Å². The summed E-state index contributed by atoms with van der Waals surface area (Å²) in [5, 5.41) is 2.43. The number of rotatable bonds is 3. The second-order valence-electron chi connectivity index (χ2n) is 9.77. The van der Waals surface area contributed by atoms with E-state index < -0.39 is 5.60 Å². The smallest absolute Gasteiger partial charge is 0.410 e. The Bertz CT molecular complexity index is 1400.